The molecular weight excluding hydrogens is 450 g/mol. The number of carbonyl (C=O) groups is 1. The van der Waals surface area contributed by atoms with Gasteiger partial charge in [0.2, 0.25) is 0 Å². The van der Waals surface area contributed by atoms with E-state index in [1.54, 1.807) is 32.2 Å². The molecule has 0 amide bonds. The summed E-state index contributed by atoms with van der Waals surface area (Å²) in [5.74, 6) is 0.618. The normalized spacial score (nSPS) is 11.5. The van der Waals surface area contributed by atoms with Crippen LogP contribution in [0, 0.1) is 6.92 Å². The molecule has 0 radical (unpaired) electrons. The van der Waals surface area contributed by atoms with Gasteiger partial charge in [-0.05, 0) is 50.6 Å². The quantitative estimate of drug-likeness (QED) is 0.285. The van der Waals surface area contributed by atoms with Gasteiger partial charge in [0.15, 0.2) is 11.5 Å². The van der Waals surface area contributed by atoms with Gasteiger partial charge in [0.05, 0.1) is 36.0 Å². The molecule has 3 aromatic rings. The average Bonchev–Trinajstić information content (AvgIpc) is 2.81. The predicted molar refractivity (Wildman–Crippen MR) is 134 cm³/mol. The lowest BCUT2D eigenvalue weighted by atomic mass is 10.0. The molecule has 0 saturated heterocycles. The van der Waals surface area contributed by atoms with E-state index in [2.05, 4.69) is 10.3 Å². The molecule has 0 aliphatic rings. The predicted octanol–water partition coefficient (Wildman–Crippen LogP) is 3.54. The van der Waals surface area contributed by atoms with Crippen LogP contribution in [-0.4, -0.2) is 53.6 Å². The molecular formula is C26H33N3O6. The number of aromatic nitrogens is 1. The van der Waals surface area contributed by atoms with Crippen molar-refractivity contribution < 1.29 is 29.2 Å². The maximum absolute atomic E-state index is 11.7. The average molecular weight is 484 g/mol. The number of anilines is 1. The number of hydrogen-bond acceptors (Lipinski definition) is 8. The van der Waals surface area contributed by atoms with E-state index in [1.165, 1.54) is 0 Å². The molecule has 0 unspecified atom stereocenters. The number of fused-ring (bicyclic) bond motifs is 1. The van der Waals surface area contributed by atoms with Crippen LogP contribution in [-0.2, 0) is 6.54 Å². The molecule has 2 aromatic carbocycles. The standard InChI is InChI=1S/C26H33N3O6/c1-16-22(25(31)32)24(27)23-18(29-16)7-5-8-20(23)35-15-26(2,3)28-14-17-9-10-19(21(13-17)33-4)34-12-6-11-30/h5,7-10,13,28,30H,6,11-12,14-15H2,1-4H3,(H2,27,29)(H,31,32). The summed E-state index contributed by atoms with van der Waals surface area (Å²) in [6.07, 6.45) is 0.552. The van der Waals surface area contributed by atoms with Crippen LogP contribution >= 0.6 is 0 Å². The third-order valence-electron chi connectivity index (χ3n) is 5.55. The number of hydrogen-bond donors (Lipinski definition) is 4. The number of rotatable bonds is 12. The lowest BCUT2D eigenvalue weighted by molar-refractivity contribution is 0.0697. The number of aliphatic hydroxyl groups excluding tert-OH is 1. The highest BCUT2D eigenvalue weighted by atomic mass is 16.5. The number of nitrogen functional groups attached to an aromatic ring is 1. The van der Waals surface area contributed by atoms with Crippen molar-refractivity contribution in [2.75, 3.05) is 32.7 Å². The zero-order valence-corrected chi connectivity index (χ0v) is 20.6. The summed E-state index contributed by atoms with van der Waals surface area (Å²) in [5, 5.41) is 22.4. The highest BCUT2D eigenvalue weighted by Gasteiger charge is 2.22. The molecule has 1 heterocycles. The second kappa shape index (κ2) is 11.2. The minimum absolute atomic E-state index is 0.0105. The largest absolute Gasteiger partial charge is 0.493 e. The Kier molecular flexibility index (Phi) is 8.37. The van der Waals surface area contributed by atoms with Crippen LogP contribution in [0.15, 0.2) is 36.4 Å². The van der Waals surface area contributed by atoms with Gasteiger partial charge in [0.25, 0.3) is 0 Å². The highest BCUT2D eigenvalue weighted by Crippen LogP contribution is 2.34. The number of nitrogens with one attached hydrogen (secondary N) is 1. The smallest absolute Gasteiger partial charge is 0.339 e. The Morgan fingerprint density at radius 3 is 2.60 bits per heavy atom. The Hall–Kier alpha value is -3.56. The van der Waals surface area contributed by atoms with Crippen molar-refractivity contribution in [3.63, 3.8) is 0 Å². The molecule has 1 aromatic heterocycles. The van der Waals surface area contributed by atoms with Gasteiger partial charge < -0.3 is 35.5 Å². The van der Waals surface area contributed by atoms with Gasteiger partial charge >= 0.3 is 5.97 Å². The fourth-order valence-electron chi connectivity index (χ4n) is 3.67. The van der Waals surface area contributed by atoms with Crippen LogP contribution in [0.5, 0.6) is 17.2 Å². The van der Waals surface area contributed by atoms with Gasteiger partial charge in [-0.2, -0.15) is 0 Å². The van der Waals surface area contributed by atoms with E-state index >= 15 is 0 Å². The SMILES string of the molecule is COc1cc(CNC(C)(C)COc2cccc3nc(C)c(C(=O)O)c(N)c23)ccc1OCCCO. The summed E-state index contributed by atoms with van der Waals surface area (Å²) in [6.45, 7) is 7.00. The molecule has 9 nitrogen and oxygen atoms in total. The van der Waals surface area contributed by atoms with Crippen molar-refractivity contribution in [3.8, 4) is 17.2 Å². The monoisotopic (exact) mass is 483 g/mol. The van der Waals surface area contributed by atoms with Gasteiger partial charge in [-0.1, -0.05) is 12.1 Å². The van der Waals surface area contributed by atoms with E-state index in [9.17, 15) is 9.90 Å². The van der Waals surface area contributed by atoms with Crippen molar-refractivity contribution in [3.05, 3.63) is 53.2 Å². The number of carboxylic acid groups (broad SMARTS) is 1. The van der Waals surface area contributed by atoms with Crippen LogP contribution in [0.2, 0.25) is 0 Å². The van der Waals surface area contributed by atoms with E-state index in [-0.39, 0.29) is 17.9 Å². The van der Waals surface area contributed by atoms with Crippen LogP contribution < -0.4 is 25.3 Å². The molecule has 3 rings (SSSR count). The Morgan fingerprint density at radius 1 is 1.14 bits per heavy atom. The van der Waals surface area contributed by atoms with Crippen LogP contribution in [0.3, 0.4) is 0 Å². The molecule has 5 N–H and O–H groups in total. The maximum Gasteiger partial charge on any atom is 0.339 e. The number of benzene rings is 2. The third kappa shape index (κ3) is 6.32. The van der Waals surface area contributed by atoms with Gasteiger partial charge in [-0.15, -0.1) is 0 Å². The van der Waals surface area contributed by atoms with Crippen molar-refractivity contribution in [2.45, 2.75) is 39.3 Å². The summed E-state index contributed by atoms with van der Waals surface area (Å²) in [4.78, 5) is 16.1. The maximum atomic E-state index is 11.7. The molecule has 0 bridgehead atoms. The molecule has 0 aliphatic heterocycles. The number of nitrogens with two attached hydrogens (primary N) is 1. The van der Waals surface area contributed by atoms with Crippen LogP contribution in [0.4, 0.5) is 5.69 Å². The first-order chi connectivity index (χ1) is 16.7. The zero-order chi connectivity index (χ0) is 25.6. The number of ether oxygens (including phenoxy) is 3. The number of aromatic carboxylic acids is 1. The number of aliphatic hydroxyl groups is 1. The summed E-state index contributed by atoms with van der Waals surface area (Å²) >= 11 is 0. The molecule has 0 atom stereocenters. The zero-order valence-electron chi connectivity index (χ0n) is 20.6. The molecule has 0 aliphatic carbocycles. The number of methoxy groups -OCH3 is 1. The lowest BCUT2D eigenvalue weighted by Crippen LogP contribution is -2.44. The first kappa shape index (κ1) is 26.1. The minimum atomic E-state index is -1.12. The van der Waals surface area contributed by atoms with E-state index in [4.69, 9.17) is 25.1 Å². The molecule has 0 spiro atoms. The van der Waals surface area contributed by atoms with Crippen molar-refractivity contribution >= 4 is 22.6 Å². The number of aryl methyl sites for hydroxylation is 1. The summed E-state index contributed by atoms with van der Waals surface area (Å²) in [5.41, 5.74) is 7.89. The van der Waals surface area contributed by atoms with Crippen LogP contribution in [0.1, 0.15) is 41.9 Å². The fraction of sp³-hybridized carbons (Fsp3) is 0.385. The summed E-state index contributed by atoms with van der Waals surface area (Å²) < 4.78 is 17.2. The van der Waals surface area contributed by atoms with E-state index in [0.717, 1.165) is 5.56 Å². The van der Waals surface area contributed by atoms with E-state index in [1.807, 2.05) is 32.0 Å². The third-order valence-corrected chi connectivity index (χ3v) is 5.55. The topological polar surface area (TPSA) is 136 Å². The second-order valence-electron chi connectivity index (χ2n) is 8.88. The molecule has 9 heteroatoms. The number of pyridine rings is 1. The number of carboxylic acids is 1. The lowest BCUT2D eigenvalue weighted by Gasteiger charge is -2.27. The van der Waals surface area contributed by atoms with Gasteiger partial charge in [0, 0.05) is 25.1 Å². The first-order valence-electron chi connectivity index (χ1n) is 11.4. The fourth-order valence-corrected chi connectivity index (χ4v) is 3.67. The van der Waals surface area contributed by atoms with Crippen molar-refractivity contribution in [2.24, 2.45) is 0 Å². The van der Waals surface area contributed by atoms with E-state index in [0.29, 0.717) is 60.0 Å². The highest BCUT2D eigenvalue weighted by molar-refractivity contribution is 6.06. The Bertz CT molecular complexity index is 1200. The molecule has 0 fully saturated rings. The van der Waals surface area contributed by atoms with Crippen molar-refractivity contribution in [1.29, 1.82) is 0 Å². The summed E-state index contributed by atoms with van der Waals surface area (Å²) in [6, 6.07) is 11.1. The van der Waals surface area contributed by atoms with Gasteiger partial charge in [-0.3, -0.25) is 4.98 Å². The van der Waals surface area contributed by atoms with Crippen molar-refractivity contribution in [1.82, 2.24) is 10.3 Å². The molecule has 188 valence electrons. The van der Waals surface area contributed by atoms with Gasteiger partial charge in [0.1, 0.15) is 17.9 Å². The second-order valence-corrected chi connectivity index (χ2v) is 8.88. The van der Waals surface area contributed by atoms with Gasteiger partial charge in [-0.25, -0.2) is 4.79 Å². The Morgan fingerprint density at radius 2 is 1.91 bits per heavy atom. The van der Waals surface area contributed by atoms with Crippen LogP contribution in [0.25, 0.3) is 10.9 Å². The molecule has 0 saturated carbocycles. The van der Waals surface area contributed by atoms with E-state index < -0.39 is 11.5 Å². The number of nitrogens with zero attached hydrogens (tertiary/aromatic N) is 1. The Labute approximate surface area is 204 Å². The summed E-state index contributed by atoms with van der Waals surface area (Å²) in [7, 11) is 1.59. The molecule has 35 heavy (non-hydrogen) atoms. The minimum Gasteiger partial charge on any atom is -0.493 e. The first-order valence-corrected chi connectivity index (χ1v) is 11.4. The Balaban J connectivity index is 1.71.